The first-order valence-corrected chi connectivity index (χ1v) is 8.46. The number of aromatic amines is 1. The summed E-state index contributed by atoms with van der Waals surface area (Å²) in [5, 5.41) is 9.88. The number of pyridine rings is 1. The van der Waals surface area contributed by atoms with Crippen LogP contribution < -0.4 is 10.9 Å². The fourth-order valence-electron chi connectivity index (χ4n) is 2.57. The van der Waals surface area contributed by atoms with Crippen molar-refractivity contribution in [1.29, 1.82) is 0 Å². The van der Waals surface area contributed by atoms with Gasteiger partial charge in [-0.1, -0.05) is 23.7 Å². The van der Waals surface area contributed by atoms with Crippen molar-refractivity contribution < 1.29 is 4.79 Å². The van der Waals surface area contributed by atoms with Crippen LogP contribution in [0.25, 0.3) is 11.3 Å². The minimum Gasteiger partial charge on any atom is -0.349 e. The Labute approximate surface area is 155 Å². The number of carbonyl (C=O) groups is 1. The molecule has 3 rings (SSSR count). The summed E-state index contributed by atoms with van der Waals surface area (Å²) in [6.45, 7) is 1.88. The highest BCUT2D eigenvalue weighted by Crippen LogP contribution is 2.15. The zero-order valence-electron chi connectivity index (χ0n) is 14.1. The lowest BCUT2D eigenvalue weighted by atomic mass is 10.1. The Morgan fingerprint density at radius 1 is 1.19 bits per heavy atom. The van der Waals surface area contributed by atoms with Crippen LogP contribution >= 0.6 is 11.6 Å². The number of aromatic nitrogens is 3. The van der Waals surface area contributed by atoms with Gasteiger partial charge in [-0.3, -0.25) is 14.6 Å². The van der Waals surface area contributed by atoms with Gasteiger partial charge < -0.3 is 5.32 Å². The van der Waals surface area contributed by atoms with Crippen LogP contribution in [0.1, 0.15) is 22.8 Å². The van der Waals surface area contributed by atoms with E-state index in [0.717, 1.165) is 11.1 Å². The van der Waals surface area contributed by atoms with Crippen LogP contribution in [0.4, 0.5) is 0 Å². The predicted octanol–water partition coefficient (Wildman–Crippen LogP) is 2.85. The molecule has 0 saturated heterocycles. The van der Waals surface area contributed by atoms with E-state index in [4.69, 9.17) is 11.6 Å². The van der Waals surface area contributed by atoms with Crippen LogP contribution in [-0.2, 0) is 6.42 Å². The SMILES string of the molecule is CC(Cc1ccc(Cl)cc1)NC(=O)c1cc(-c2ccncc2)n[nH]c1=O. The summed E-state index contributed by atoms with van der Waals surface area (Å²) in [5.74, 6) is -0.439. The van der Waals surface area contributed by atoms with E-state index >= 15 is 0 Å². The highest BCUT2D eigenvalue weighted by molar-refractivity contribution is 6.30. The molecule has 0 spiro atoms. The van der Waals surface area contributed by atoms with Crippen LogP contribution in [-0.4, -0.2) is 27.1 Å². The molecule has 0 saturated carbocycles. The monoisotopic (exact) mass is 368 g/mol. The largest absolute Gasteiger partial charge is 0.349 e. The van der Waals surface area contributed by atoms with E-state index in [0.29, 0.717) is 17.1 Å². The zero-order valence-corrected chi connectivity index (χ0v) is 14.8. The van der Waals surface area contributed by atoms with Gasteiger partial charge >= 0.3 is 0 Å². The molecule has 26 heavy (non-hydrogen) atoms. The van der Waals surface area contributed by atoms with Gasteiger partial charge in [-0.15, -0.1) is 0 Å². The Kier molecular flexibility index (Phi) is 5.43. The summed E-state index contributed by atoms with van der Waals surface area (Å²) >= 11 is 5.88. The van der Waals surface area contributed by atoms with Gasteiger partial charge in [0.05, 0.1) is 5.69 Å². The van der Waals surface area contributed by atoms with E-state index in [2.05, 4.69) is 20.5 Å². The lowest BCUT2D eigenvalue weighted by Gasteiger charge is -2.14. The van der Waals surface area contributed by atoms with E-state index in [9.17, 15) is 9.59 Å². The number of hydrogen-bond acceptors (Lipinski definition) is 4. The van der Waals surface area contributed by atoms with Gasteiger partial charge in [0, 0.05) is 29.0 Å². The molecule has 1 unspecified atom stereocenters. The quantitative estimate of drug-likeness (QED) is 0.724. The van der Waals surface area contributed by atoms with Crippen LogP contribution in [0.3, 0.4) is 0 Å². The number of benzene rings is 1. The number of carbonyl (C=O) groups excluding carboxylic acids is 1. The maximum Gasteiger partial charge on any atom is 0.277 e. The van der Waals surface area contributed by atoms with Gasteiger partial charge in [-0.05, 0) is 49.2 Å². The molecule has 3 aromatic rings. The number of H-pyrrole nitrogens is 1. The molecule has 0 radical (unpaired) electrons. The lowest BCUT2D eigenvalue weighted by Crippen LogP contribution is -2.37. The van der Waals surface area contributed by atoms with E-state index < -0.39 is 11.5 Å². The predicted molar refractivity (Wildman–Crippen MR) is 100 cm³/mol. The topological polar surface area (TPSA) is 87.7 Å². The molecule has 2 aromatic heterocycles. The standard InChI is InChI=1S/C19H17ClN4O2/c1-12(10-13-2-4-15(20)5-3-13)22-18(25)16-11-17(23-24-19(16)26)14-6-8-21-9-7-14/h2-9,11-12H,10H2,1H3,(H,22,25)(H,24,26). The molecule has 2 heterocycles. The first kappa shape index (κ1) is 17.8. The van der Waals surface area contributed by atoms with Crippen molar-refractivity contribution in [3.63, 3.8) is 0 Å². The highest BCUT2D eigenvalue weighted by atomic mass is 35.5. The van der Waals surface area contributed by atoms with Gasteiger partial charge in [0.15, 0.2) is 0 Å². The summed E-state index contributed by atoms with van der Waals surface area (Å²) in [6, 6.07) is 12.3. The van der Waals surface area contributed by atoms with Crippen molar-refractivity contribution in [2.75, 3.05) is 0 Å². The normalized spacial score (nSPS) is 11.8. The van der Waals surface area contributed by atoms with E-state index in [1.54, 1.807) is 36.7 Å². The van der Waals surface area contributed by atoms with Gasteiger partial charge in [0.1, 0.15) is 5.56 Å². The molecule has 0 fully saturated rings. The van der Waals surface area contributed by atoms with Crippen molar-refractivity contribution in [3.8, 4) is 11.3 Å². The number of nitrogens with one attached hydrogen (secondary N) is 2. The molecular weight excluding hydrogens is 352 g/mol. The van der Waals surface area contributed by atoms with Crippen molar-refractivity contribution in [2.45, 2.75) is 19.4 Å². The summed E-state index contributed by atoms with van der Waals surface area (Å²) in [6.07, 6.45) is 3.87. The maximum atomic E-state index is 12.5. The van der Waals surface area contributed by atoms with Gasteiger partial charge in [0.2, 0.25) is 0 Å². The third-order valence-electron chi connectivity index (χ3n) is 3.86. The number of hydrogen-bond donors (Lipinski definition) is 2. The summed E-state index contributed by atoms with van der Waals surface area (Å²) in [5.41, 5.74) is 1.80. The average molecular weight is 369 g/mol. The second-order valence-electron chi connectivity index (χ2n) is 5.94. The molecule has 2 N–H and O–H groups in total. The molecule has 7 heteroatoms. The van der Waals surface area contributed by atoms with E-state index in [1.165, 1.54) is 6.07 Å². The number of halogens is 1. The van der Waals surface area contributed by atoms with Crippen LogP contribution in [0, 0.1) is 0 Å². The Morgan fingerprint density at radius 2 is 1.88 bits per heavy atom. The van der Waals surface area contributed by atoms with Crippen molar-refractivity contribution >= 4 is 17.5 Å². The minimum absolute atomic E-state index is 0.0229. The maximum absolute atomic E-state index is 12.5. The lowest BCUT2D eigenvalue weighted by molar-refractivity contribution is 0.0938. The van der Waals surface area contributed by atoms with Crippen molar-refractivity contribution in [3.05, 3.63) is 81.4 Å². The highest BCUT2D eigenvalue weighted by Gasteiger charge is 2.15. The second-order valence-corrected chi connectivity index (χ2v) is 6.37. The molecule has 6 nitrogen and oxygen atoms in total. The Bertz CT molecular complexity index is 955. The van der Waals surface area contributed by atoms with Crippen LogP contribution in [0.15, 0.2) is 59.7 Å². The van der Waals surface area contributed by atoms with Crippen molar-refractivity contribution in [2.24, 2.45) is 0 Å². The Balaban J connectivity index is 1.74. The fraction of sp³-hybridized carbons (Fsp3) is 0.158. The summed E-state index contributed by atoms with van der Waals surface area (Å²) in [7, 11) is 0. The van der Waals surface area contributed by atoms with Crippen LogP contribution in [0.5, 0.6) is 0 Å². The Hall–Kier alpha value is -2.99. The van der Waals surface area contributed by atoms with E-state index in [1.807, 2.05) is 19.1 Å². The minimum atomic E-state index is -0.529. The fourth-order valence-corrected chi connectivity index (χ4v) is 2.70. The molecule has 132 valence electrons. The Morgan fingerprint density at radius 3 is 2.58 bits per heavy atom. The molecule has 0 aliphatic rings. The second kappa shape index (κ2) is 7.93. The first-order valence-electron chi connectivity index (χ1n) is 8.08. The number of nitrogens with zero attached hydrogens (tertiary/aromatic N) is 2. The molecule has 1 aromatic carbocycles. The van der Waals surface area contributed by atoms with E-state index in [-0.39, 0.29) is 11.6 Å². The zero-order chi connectivity index (χ0) is 18.5. The summed E-state index contributed by atoms with van der Waals surface area (Å²) in [4.78, 5) is 28.5. The third kappa shape index (κ3) is 4.34. The molecular formula is C19H17ClN4O2. The number of amides is 1. The molecule has 0 bridgehead atoms. The summed E-state index contributed by atoms with van der Waals surface area (Å²) < 4.78 is 0. The average Bonchev–Trinajstić information content (AvgIpc) is 2.64. The molecule has 1 atom stereocenters. The molecule has 0 aliphatic carbocycles. The third-order valence-corrected chi connectivity index (χ3v) is 4.11. The number of rotatable bonds is 5. The van der Waals surface area contributed by atoms with Crippen LogP contribution in [0.2, 0.25) is 5.02 Å². The van der Waals surface area contributed by atoms with Gasteiger partial charge in [-0.2, -0.15) is 5.10 Å². The first-order chi connectivity index (χ1) is 12.5. The van der Waals surface area contributed by atoms with Gasteiger partial charge in [-0.25, -0.2) is 5.10 Å². The molecule has 1 amide bonds. The molecule has 0 aliphatic heterocycles. The van der Waals surface area contributed by atoms with Crippen molar-refractivity contribution in [1.82, 2.24) is 20.5 Å². The van der Waals surface area contributed by atoms with Gasteiger partial charge in [0.25, 0.3) is 11.5 Å². The smallest absolute Gasteiger partial charge is 0.277 e.